The fourth-order valence-corrected chi connectivity index (χ4v) is 2.50. The summed E-state index contributed by atoms with van der Waals surface area (Å²) < 4.78 is 4.65. The summed E-state index contributed by atoms with van der Waals surface area (Å²) in [6, 6.07) is 7.13. The van der Waals surface area contributed by atoms with Gasteiger partial charge in [-0.1, -0.05) is 0 Å². The van der Waals surface area contributed by atoms with Crippen LogP contribution >= 0.6 is 0 Å². The summed E-state index contributed by atoms with van der Waals surface area (Å²) in [7, 11) is 1.35. The number of hydrogen-bond donors (Lipinski definition) is 1. The maximum Gasteiger partial charge on any atom is 0.337 e. The van der Waals surface area contributed by atoms with E-state index in [1.807, 2.05) is 12.1 Å². The highest BCUT2D eigenvalue weighted by Gasteiger charge is 2.26. The van der Waals surface area contributed by atoms with E-state index in [0.717, 1.165) is 25.1 Å². The Morgan fingerprint density at radius 2 is 2.05 bits per heavy atom. The SMILES string of the molecule is COC(=O)c1ccc(N2CCCC2CC(=O)O)cc1. The van der Waals surface area contributed by atoms with Crippen LogP contribution in [0.5, 0.6) is 0 Å². The van der Waals surface area contributed by atoms with Gasteiger partial charge in [-0.25, -0.2) is 4.79 Å². The van der Waals surface area contributed by atoms with Crippen molar-refractivity contribution < 1.29 is 19.4 Å². The lowest BCUT2D eigenvalue weighted by atomic mass is 10.1. The number of carbonyl (C=O) groups excluding carboxylic acids is 1. The zero-order valence-corrected chi connectivity index (χ0v) is 10.8. The molecule has 0 saturated carbocycles. The van der Waals surface area contributed by atoms with Crippen molar-refractivity contribution in [1.82, 2.24) is 0 Å². The number of benzene rings is 1. The minimum absolute atomic E-state index is 0.0430. The van der Waals surface area contributed by atoms with Crippen LogP contribution in [0.25, 0.3) is 0 Å². The summed E-state index contributed by atoms with van der Waals surface area (Å²) in [5, 5.41) is 8.90. The van der Waals surface area contributed by atoms with E-state index in [1.54, 1.807) is 12.1 Å². The molecule has 5 heteroatoms. The van der Waals surface area contributed by atoms with Crippen LogP contribution in [0.3, 0.4) is 0 Å². The molecule has 1 aromatic rings. The molecule has 1 N–H and O–H groups in total. The first-order valence-corrected chi connectivity index (χ1v) is 6.28. The van der Waals surface area contributed by atoms with E-state index >= 15 is 0 Å². The first-order valence-electron chi connectivity index (χ1n) is 6.28. The Labute approximate surface area is 111 Å². The molecule has 2 rings (SSSR count). The number of aliphatic carboxylic acids is 1. The van der Waals surface area contributed by atoms with Gasteiger partial charge < -0.3 is 14.7 Å². The number of hydrogen-bond acceptors (Lipinski definition) is 4. The van der Waals surface area contributed by atoms with Gasteiger partial charge in [-0.15, -0.1) is 0 Å². The van der Waals surface area contributed by atoms with Crippen LogP contribution in [0.4, 0.5) is 5.69 Å². The molecule has 0 amide bonds. The molecule has 0 spiro atoms. The molecule has 1 heterocycles. The average Bonchev–Trinajstić information content (AvgIpc) is 2.85. The third-order valence-corrected chi connectivity index (χ3v) is 3.41. The van der Waals surface area contributed by atoms with Crippen LogP contribution in [0, 0.1) is 0 Å². The molecule has 102 valence electrons. The second-order valence-electron chi connectivity index (χ2n) is 4.63. The van der Waals surface area contributed by atoms with E-state index in [9.17, 15) is 9.59 Å². The number of esters is 1. The second-order valence-corrected chi connectivity index (χ2v) is 4.63. The molecular weight excluding hydrogens is 246 g/mol. The predicted molar refractivity (Wildman–Crippen MR) is 70.4 cm³/mol. The highest BCUT2D eigenvalue weighted by atomic mass is 16.5. The molecule has 1 saturated heterocycles. The highest BCUT2D eigenvalue weighted by Crippen LogP contribution is 2.27. The normalized spacial score (nSPS) is 18.4. The summed E-state index contributed by atoms with van der Waals surface area (Å²) >= 11 is 0. The minimum atomic E-state index is -0.775. The number of anilines is 1. The van der Waals surface area contributed by atoms with Gasteiger partial charge in [0.1, 0.15) is 0 Å². The molecule has 1 aliphatic rings. The molecule has 1 aliphatic heterocycles. The highest BCUT2D eigenvalue weighted by molar-refractivity contribution is 5.89. The van der Waals surface area contributed by atoms with Crippen LogP contribution < -0.4 is 4.90 Å². The van der Waals surface area contributed by atoms with Crippen LogP contribution in [0.15, 0.2) is 24.3 Å². The number of ether oxygens (including phenoxy) is 1. The van der Waals surface area contributed by atoms with Crippen LogP contribution in [-0.2, 0) is 9.53 Å². The molecule has 5 nitrogen and oxygen atoms in total. The molecule has 1 unspecified atom stereocenters. The number of carboxylic acid groups (broad SMARTS) is 1. The molecule has 19 heavy (non-hydrogen) atoms. The molecule has 1 aromatic carbocycles. The Balaban J connectivity index is 2.12. The van der Waals surface area contributed by atoms with Crippen molar-refractivity contribution in [2.24, 2.45) is 0 Å². The molecule has 0 aliphatic carbocycles. The van der Waals surface area contributed by atoms with Gasteiger partial charge >= 0.3 is 11.9 Å². The summed E-state index contributed by atoms with van der Waals surface area (Å²) in [6.45, 7) is 0.857. The van der Waals surface area contributed by atoms with E-state index in [4.69, 9.17) is 5.11 Å². The zero-order valence-electron chi connectivity index (χ0n) is 10.8. The van der Waals surface area contributed by atoms with Gasteiger partial charge in [0.15, 0.2) is 0 Å². The lowest BCUT2D eigenvalue weighted by molar-refractivity contribution is -0.137. The van der Waals surface area contributed by atoms with Gasteiger partial charge in [0.2, 0.25) is 0 Å². The van der Waals surface area contributed by atoms with E-state index in [-0.39, 0.29) is 18.4 Å². The Hall–Kier alpha value is -2.04. The first kappa shape index (κ1) is 13.4. The fraction of sp³-hybridized carbons (Fsp3) is 0.429. The lowest BCUT2D eigenvalue weighted by Gasteiger charge is -2.25. The lowest BCUT2D eigenvalue weighted by Crippen LogP contribution is -2.31. The summed E-state index contributed by atoms with van der Waals surface area (Å²) in [4.78, 5) is 24.3. The Morgan fingerprint density at radius 3 is 2.63 bits per heavy atom. The van der Waals surface area contributed by atoms with Crippen molar-refractivity contribution in [3.8, 4) is 0 Å². The molecule has 0 bridgehead atoms. The van der Waals surface area contributed by atoms with E-state index < -0.39 is 5.97 Å². The number of rotatable bonds is 4. The number of carbonyl (C=O) groups is 2. The molecule has 0 radical (unpaired) electrons. The largest absolute Gasteiger partial charge is 0.481 e. The van der Waals surface area contributed by atoms with Crippen molar-refractivity contribution in [3.05, 3.63) is 29.8 Å². The van der Waals surface area contributed by atoms with Gasteiger partial charge in [0.25, 0.3) is 0 Å². The number of nitrogens with zero attached hydrogens (tertiary/aromatic N) is 1. The fourth-order valence-electron chi connectivity index (χ4n) is 2.50. The molecule has 0 aromatic heterocycles. The third-order valence-electron chi connectivity index (χ3n) is 3.41. The van der Waals surface area contributed by atoms with Crippen LogP contribution in [-0.4, -0.2) is 36.7 Å². The average molecular weight is 263 g/mol. The Kier molecular flexibility index (Phi) is 4.04. The van der Waals surface area contributed by atoms with E-state index in [2.05, 4.69) is 9.64 Å². The van der Waals surface area contributed by atoms with Gasteiger partial charge in [-0.2, -0.15) is 0 Å². The van der Waals surface area contributed by atoms with Crippen molar-refractivity contribution in [3.63, 3.8) is 0 Å². The number of methoxy groups -OCH3 is 1. The van der Waals surface area contributed by atoms with Crippen LogP contribution in [0.1, 0.15) is 29.6 Å². The maximum absolute atomic E-state index is 11.3. The van der Waals surface area contributed by atoms with Gasteiger partial charge in [0.05, 0.1) is 19.1 Å². The first-order chi connectivity index (χ1) is 9.11. The maximum atomic E-state index is 11.3. The summed E-state index contributed by atoms with van der Waals surface area (Å²) in [6.07, 6.45) is 2.04. The monoisotopic (exact) mass is 263 g/mol. The quantitative estimate of drug-likeness (QED) is 0.841. The standard InChI is InChI=1S/C14H17NO4/c1-19-14(18)10-4-6-11(7-5-10)15-8-2-3-12(15)9-13(16)17/h4-7,12H,2-3,8-9H2,1H3,(H,16,17). The van der Waals surface area contributed by atoms with Crippen molar-refractivity contribution in [2.75, 3.05) is 18.6 Å². The summed E-state index contributed by atoms with van der Waals surface area (Å²) in [5.74, 6) is -1.14. The second kappa shape index (κ2) is 5.73. The van der Waals surface area contributed by atoms with Gasteiger partial charge in [-0.05, 0) is 37.1 Å². The number of carboxylic acids is 1. The van der Waals surface area contributed by atoms with Crippen molar-refractivity contribution >= 4 is 17.6 Å². The zero-order chi connectivity index (χ0) is 13.8. The minimum Gasteiger partial charge on any atom is -0.481 e. The van der Waals surface area contributed by atoms with Crippen molar-refractivity contribution in [2.45, 2.75) is 25.3 Å². The molecule has 1 atom stereocenters. The summed E-state index contributed by atoms with van der Waals surface area (Å²) in [5.41, 5.74) is 1.46. The Bertz CT molecular complexity index is 469. The molecule has 1 fully saturated rings. The third kappa shape index (κ3) is 3.05. The predicted octanol–water partition coefficient (Wildman–Crippen LogP) is 1.92. The van der Waals surface area contributed by atoms with Crippen molar-refractivity contribution in [1.29, 1.82) is 0 Å². The topological polar surface area (TPSA) is 66.8 Å². The van der Waals surface area contributed by atoms with E-state index in [0.29, 0.717) is 5.56 Å². The smallest absolute Gasteiger partial charge is 0.337 e. The van der Waals surface area contributed by atoms with Gasteiger partial charge in [-0.3, -0.25) is 4.79 Å². The van der Waals surface area contributed by atoms with Crippen LogP contribution in [0.2, 0.25) is 0 Å². The van der Waals surface area contributed by atoms with E-state index in [1.165, 1.54) is 7.11 Å². The Morgan fingerprint density at radius 1 is 1.37 bits per heavy atom. The molecular formula is C14H17NO4. The van der Waals surface area contributed by atoms with Gasteiger partial charge in [0, 0.05) is 18.3 Å².